The smallest absolute Gasteiger partial charge is 0.272 e. The first kappa shape index (κ1) is 13.6. The molecule has 1 aliphatic rings. The predicted molar refractivity (Wildman–Crippen MR) is 78.7 cm³/mol. The lowest BCUT2D eigenvalue weighted by molar-refractivity contribution is -0.385. The Balaban J connectivity index is 2.35. The molecule has 1 unspecified atom stereocenters. The zero-order valence-corrected chi connectivity index (χ0v) is 11.9. The van der Waals surface area contributed by atoms with E-state index in [-0.39, 0.29) is 11.3 Å². The fraction of sp³-hybridized carbons (Fsp3) is 0.143. The highest BCUT2D eigenvalue weighted by atomic mass is 32.2. The van der Waals surface area contributed by atoms with Gasteiger partial charge >= 0.3 is 0 Å². The van der Waals surface area contributed by atoms with Gasteiger partial charge in [0.25, 0.3) is 5.69 Å². The second kappa shape index (κ2) is 4.56. The van der Waals surface area contributed by atoms with Crippen LogP contribution in [0.2, 0.25) is 0 Å². The number of hydrogen-bond donors (Lipinski definition) is 0. The van der Waals surface area contributed by atoms with Gasteiger partial charge in [-0.25, -0.2) is 8.42 Å². The van der Waals surface area contributed by atoms with Gasteiger partial charge in [-0.1, -0.05) is 36.4 Å². The van der Waals surface area contributed by atoms with Crippen LogP contribution >= 0.6 is 0 Å². The van der Waals surface area contributed by atoms with Crippen LogP contribution in [0.5, 0.6) is 0 Å². The summed E-state index contributed by atoms with van der Waals surface area (Å²) in [6.07, 6.45) is 0. The Hall–Kier alpha value is -2.41. The van der Waals surface area contributed by atoms with Crippen molar-refractivity contribution in [3.8, 4) is 0 Å². The molecule has 1 aliphatic heterocycles. The number of fused-ring (bicyclic) bond motifs is 1. The van der Waals surface area contributed by atoms with Crippen molar-refractivity contribution < 1.29 is 13.3 Å². The van der Waals surface area contributed by atoms with Gasteiger partial charge in [-0.05, 0) is 11.6 Å². The van der Waals surface area contributed by atoms with Gasteiger partial charge in [0, 0.05) is 13.1 Å². The second-order valence-corrected chi connectivity index (χ2v) is 6.82. The van der Waals surface area contributed by atoms with Gasteiger partial charge in [0.05, 0.1) is 16.2 Å². The van der Waals surface area contributed by atoms with Crippen molar-refractivity contribution in [3.63, 3.8) is 0 Å². The molecule has 108 valence electrons. The molecule has 7 heteroatoms. The van der Waals surface area contributed by atoms with E-state index in [0.717, 1.165) is 4.31 Å². The SMILES string of the molecule is CN1c2cccc([N+](=O)[O-])c2C(c2ccccc2)S1(=O)=O. The van der Waals surface area contributed by atoms with Gasteiger partial charge < -0.3 is 0 Å². The standard InChI is InChI=1S/C14H12N2O4S/c1-15-11-8-5-9-12(16(17)18)13(11)14(21(15,19)20)10-6-3-2-4-7-10/h2-9,14H,1H3. The van der Waals surface area contributed by atoms with E-state index in [1.807, 2.05) is 0 Å². The molecule has 0 bridgehead atoms. The zero-order valence-electron chi connectivity index (χ0n) is 11.1. The number of rotatable bonds is 2. The molecule has 6 nitrogen and oxygen atoms in total. The van der Waals surface area contributed by atoms with Crippen LogP contribution in [-0.4, -0.2) is 20.4 Å². The summed E-state index contributed by atoms with van der Waals surface area (Å²) in [5, 5.41) is 10.2. The van der Waals surface area contributed by atoms with Crippen LogP contribution in [0.4, 0.5) is 11.4 Å². The van der Waals surface area contributed by atoms with Crippen molar-refractivity contribution in [2.75, 3.05) is 11.4 Å². The highest BCUT2D eigenvalue weighted by Crippen LogP contribution is 2.49. The van der Waals surface area contributed by atoms with Crippen molar-refractivity contribution >= 4 is 21.4 Å². The van der Waals surface area contributed by atoms with E-state index < -0.39 is 20.2 Å². The third-order valence-electron chi connectivity index (χ3n) is 3.64. The third-order valence-corrected chi connectivity index (χ3v) is 5.70. The average molecular weight is 304 g/mol. The molecule has 0 fully saturated rings. The summed E-state index contributed by atoms with van der Waals surface area (Å²) >= 11 is 0. The Morgan fingerprint density at radius 3 is 2.38 bits per heavy atom. The van der Waals surface area contributed by atoms with Crippen molar-refractivity contribution in [1.82, 2.24) is 0 Å². The number of anilines is 1. The molecule has 0 radical (unpaired) electrons. The summed E-state index contributed by atoms with van der Waals surface area (Å²) in [6.45, 7) is 0. The highest BCUT2D eigenvalue weighted by molar-refractivity contribution is 7.93. The molecule has 0 saturated carbocycles. The first-order valence-corrected chi connectivity index (χ1v) is 7.75. The fourth-order valence-corrected chi connectivity index (χ4v) is 4.44. The van der Waals surface area contributed by atoms with Crippen molar-refractivity contribution in [1.29, 1.82) is 0 Å². The zero-order chi connectivity index (χ0) is 15.2. The minimum Gasteiger partial charge on any atom is -0.272 e. The Morgan fingerprint density at radius 2 is 1.76 bits per heavy atom. The summed E-state index contributed by atoms with van der Waals surface area (Å²) in [7, 11) is -2.29. The lowest BCUT2D eigenvalue weighted by Gasteiger charge is -2.14. The quantitative estimate of drug-likeness (QED) is 0.630. The molecule has 0 aromatic heterocycles. The van der Waals surface area contributed by atoms with Crippen LogP contribution in [0.15, 0.2) is 48.5 Å². The van der Waals surface area contributed by atoms with Gasteiger partial charge in [-0.15, -0.1) is 0 Å². The van der Waals surface area contributed by atoms with Crippen LogP contribution in [0, 0.1) is 10.1 Å². The van der Waals surface area contributed by atoms with Crippen molar-refractivity contribution in [2.45, 2.75) is 5.25 Å². The van der Waals surface area contributed by atoms with Gasteiger partial charge in [0.1, 0.15) is 5.25 Å². The molecule has 2 aromatic rings. The molecular formula is C14H12N2O4S. The summed E-state index contributed by atoms with van der Waals surface area (Å²) in [5.74, 6) is 0. The topological polar surface area (TPSA) is 80.5 Å². The Morgan fingerprint density at radius 1 is 1.10 bits per heavy atom. The van der Waals surface area contributed by atoms with Crippen LogP contribution in [0.1, 0.15) is 16.4 Å². The van der Waals surface area contributed by atoms with Gasteiger partial charge in [0.2, 0.25) is 10.0 Å². The van der Waals surface area contributed by atoms with Crippen LogP contribution in [0.25, 0.3) is 0 Å². The number of benzene rings is 2. The molecule has 0 saturated heterocycles. The average Bonchev–Trinajstić information content (AvgIpc) is 2.67. The minimum atomic E-state index is -3.71. The van der Waals surface area contributed by atoms with E-state index in [2.05, 4.69) is 0 Å². The van der Waals surface area contributed by atoms with E-state index >= 15 is 0 Å². The minimum absolute atomic E-state index is 0.172. The summed E-state index contributed by atoms with van der Waals surface area (Å²) in [4.78, 5) is 10.7. The number of hydrogen-bond acceptors (Lipinski definition) is 4. The maximum absolute atomic E-state index is 12.6. The molecule has 2 aromatic carbocycles. The Bertz CT molecular complexity index is 818. The maximum atomic E-state index is 12.6. The number of sulfonamides is 1. The highest BCUT2D eigenvalue weighted by Gasteiger charge is 2.46. The van der Waals surface area contributed by atoms with Crippen LogP contribution in [0.3, 0.4) is 0 Å². The molecule has 1 atom stereocenters. The molecule has 0 aliphatic carbocycles. The van der Waals surface area contributed by atoms with Crippen molar-refractivity contribution in [2.24, 2.45) is 0 Å². The Labute approximate surface area is 121 Å². The summed E-state index contributed by atoms with van der Waals surface area (Å²) in [6, 6.07) is 13.0. The summed E-state index contributed by atoms with van der Waals surface area (Å²) in [5.41, 5.74) is 0.945. The Kier molecular flexibility index (Phi) is 2.94. The number of nitrogens with zero attached hydrogens (tertiary/aromatic N) is 2. The molecular weight excluding hydrogens is 292 g/mol. The number of nitro benzene ring substituents is 1. The van der Waals surface area contributed by atoms with E-state index in [1.54, 1.807) is 36.4 Å². The fourth-order valence-electron chi connectivity index (χ4n) is 2.65. The molecule has 3 rings (SSSR count). The maximum Gasteiger partial charge on any atom is 0.276 e. The van der Waals surface area contributed by atoms with E-state index in [0.29, 0.717) is 11.3 Å². The van der Waals surface area contributed by atoms with Crippen LogP contribution in [-0.2, 0) is 10.0 Å². The van der Waals surface area contributed by atoms with E-state index in [1.165, 1.54) is 19.2 Å². The molecule has 0 spiro atoms. The lowest BCUT2D eigenvalue weighted by atomic mass is 10.0. The first-order chi connectivity index (χ1) is 9.94. The monoisotopic (exact) mass is 304 g/mol. The normalized spacial score (nSPS) is 19.3. The first-order valence-electron chi connectivity index (χ1n) is 6.24. The summed E-state index contributed by atoms with van der Waals surface area (Å²) < 4.78 is 26.4. The van der Waals surface area contributed by atoms with Gasteiger partial charge in [-0.2, -0.15) is 0 Å². The number of nitro groups is 1. The predicted octanol–water partition coefficient (Wildman–Crippen LogP) is 2.46. The van der Waals surface area contributed by atoms with E-state index in [9.17, 15) is 18.5 Å². The lowest BCUT2D eigenvalue weighted by Crippen LogP contribution is -2.24. The van der Waals surface area contributed by atoms with Gasteiger partial charge in [-0.3, -0.25) is 14.4 Å². The molecule has 1 heterocycles. The van der Waals surface area contributed by atoms with Gasteiger partial charge in [0.15, 0.2) is 0 Å². The second-order valence-electron chi connectivity index (χ2n) is 4.77. The molecule has 0 N–H and O–H groups in total. The van der Waals surface area contributed by atoms with E-state index in [4.69, 9.17) is 0 Å². The van der Waals surface area contributed by atoms with Crippen molar-refractivity contribution in [3.05, 3.63) is 69.8 Å². The third kappa shape index (κ3) is 1.89. The van der Waals surface area contributed by atoms with Crippen LogP contribution < -0.4 is 4.31 Å². The largest absolute Gasteiger partial charge is 0.276 e. The molecule has 21 heavy (non-hydrogen) atoms. The molecule has 0 amide bonds.